The predicted octanol–water partition coefficient (Wildman–Crippen LogP) is 2.78. The van der Waals surface area contributed by atoms with E-state index >= 15 is 0 Å². The highest BCUT2D eigenvalue weighted by Gasteiger charge is 2.30. The summed E-state index contributed by atoms with van der Waals surface area (Å²) in [5, 5.41) is 11.6. The Labute approximate surface area is 97.1 Å². The highest BCUT2D eigenvalue weighted by molar-refractivity contribution is 9.11. The first-order valence-electron chi connectivity index (χ1n) is 3.87. The summed E-state index contributed by atoms with van der Waals surface area (Å²) in [6, 6.07) is 3.65. The van der Waals surface area contributed by atoms with Crippen LogP contribution in [0.5, 0.6) is 0 Å². The standard InChI is InChI=1S/C9H5Br2NO2/c10-5-1-2-6(11)8-4(5)3-7(12-14)9(8)13/h1-2,14H,3H2/b12-7+. The molecule has 0 spiro atoms. The number of nitrogens with zero attached hydrogens (tertiary/aromatic N) is 1. The van der Waals surface area contributed by atoms with Gasteiger partial charge in [0.05, 0.1) is 0 Å². The lowest BCUT2D eigenvalue weighted by Crippen LogP contribution is -2.07. The monoisotopic (exact) mass is 317 g/mol. The molecule has 0 aromatic heterocycles. The number of halogens is 2. The molecule has 1 aromatic carbocycles. The second kappa shape index (κ2) is 3.47. The molecule has 1 aliphatic rings. The van der Waals surface area contributed by atoms with Crippen molar-refractivity contribution < 1.29 is 10.0 Å². The van der Waals surface area contributed by atoms with E-state index in [0.717, 1.165) is 14.5 Å². The summed E-state index contributed by atoms with van der Waals surface area (Å²) < 4.78 is 1.60. The number of hydrogen-bond acceptors (Lipinski definition) is 3. The summed E-state index contributed by atoms with van der Waals surface area (Å²) in [5.41, 5.74) is 1.65. The topological polar surface area (TPSA) is 49.7 Å². The minimum atomic E-state index is -0.212. The minimum Gasteiger partial charge on any atom is -0.411 e. The van der Waals surface area contributed by atoms with Crippen LogP contribution in [-0.2, 0) is 6.42 Å². The van der Waals surface area contributed by atoms with Crippen molar-refractivity contribution in [3.05, 3.63) is 32.2 Å². The van der Waals surface area contributed by atoms with Crippen LogP contribution >= 0.6 is 31.9 Å². The molecule has 0 saturated carbocycles. The van der Waals surface area contributed by atoms with Gasteiger partial charge in [0.1, 0.15) is 5.71 Å². The van der Waals surface area contributed by atoms with Crippen molar-refractivity contribution in [2.45, 2.75) is 6.42 Å². The van der Waals surface area contributed by atoms with Gasteiger partial charge >= 0.3 is 0 Å². The molecule has 5 heteroatoms. The molecular weight excluding hydrogens is 314 g/mol. The fraction of sp³-hybridized carbons (Fsp3) is 0.111. The number of benzene rings is 1. The van der Waals surface area contributed by atoms with Crippen molar-refractivity contribution in [2.24, 2.45) is 5.16 Å². The van der Waals surface area contributed by atoms with E-state index in [1.54, 1.807) is 6.07 Å². The molecule has 1 aliphatic carbocycles. The first-order valence-corrected chi connectivity index (χ1v) is 5.46. The molecule has 0 fully saturated rings. The Bertz CT molecular complexity index is 454. The molecule has 0 bridgehead atoms. The number of Topliss-reactive ketones (excluding diaryl/α,β-unsaturated/α-hetero) is 1. The zero-order chi connectivity index (χ0) is 10.3. The van der Waals surface area contributed by atoms with Crippen molar-refractivity contribution in [3.8, 4) is 0 Å². The van der Waals surface area contributed by atoms with Crippen molar-refractivity contribution >= 4 is 43.4 Å². The Hall–Kier alpha value is -0.680. The largest absolute Gasteiger partial charge is 0.411 e. The van der Waals surface area contributed by atoms with Crippen LogP contribution in [0.2, 0.25) is 0 Å². The number of carbonyl (C=O) groups excluding carboxylic acids is 1. The summed E-state index contributed by atoms with van der Waals surface area (Å²) in [5.74, 6) is -0.212. The van der Waals surface area contributed by atoms with Crippen molar-refractivity contribution in [3.63, 3.8) is 0 Å². The average molecular weight is 319 g/mol. The first-order chi connectivity index (χ1) is 6.65. The van der Waals surface area contributed by atoms with Crippen LogP contribution in [0, 0.1) is 0 Å². The highest BCUT2D eigenvalue weighted by atomic mass is 79.9. The van der Waals surface area contributed by atoms with Gasteiger partial charge in [-0.05, 0) is 17.7 Å². The quantitative estimate of drug-likeness (QED) is 0.590. The van der Waals surface area contributed by atoms with Crippen LogP contribution in [0.1, 0.15) is 15.9 Å². The van der Waals surface area contributed by atoms with Gasteiger partial charge in [-0.1, -0.05) is 37.0 Å². The van der Waals surface area contributed by atoms with Gasteiger partial charge in [0.15, 0.2) is 0 Å². The number of fused-ring (bicyclic) bond motifs is 1. The van der Waals surface area contributed by atoms with Gasteiger partial charge < -0.3 is 5.21 Å². The van der Waals surface area contributed by atoms with E-state index in [-0.39, 0.29) is 11.5 Å². The van der Waals surface area contributed by atoms with Crippen molar-refractivity contribution in [1.29, 1.82) is 0 Å². The van der Waals surface area contributed by atoms with Crippen LogP contribution in [0.25, 0.3) is 0 Å². The Kier molecular flexibility index (Phi) is 2.45. The molecule has 0 heterocycles. The van der Waals surface area contributed by atoms with E-state index in [1.165, 1.54) is 0 Å². The van der Waals surface area contributed by atoms with Crippen LogP contribution in [-0.4, -0.2) is 16.7 Å². The van der Waals surface area contributed by atoms with E-state index in [9.17, 15) is 4.79 Å². The van der Waals surface area contributed by atoms with Crippen LogP contribution in [0.3, 0.4) is 0 Å². The van der Waals surface area contributed by atoms with Gasteiger partial charge in [0.2, 0.25) is 5.78 Å². The maximum absolute atomic E-state index is 11.7. The lowest BCUT2D eigenvalue weighted by Gasteiger charge is -2.01. The van der Waals surface area contributed by atoms with Gasteiger partial charge in [-0.2, -0.15) is 0 Å². The Morgan fingerprint density at radius 2 is 1.93 bits per heavy atom. The summed E-state index contributed by atoms with van der Waals surface area (Å²) in [6.45, 7) is 0. The molecule has 0 saturated heterocycles. The van der Waals surface area contributed by atoms with Crippen molar-refractivity contribution in [2.75, 3.05) is 0 Å². The van der Waals surface area contributed by atoms with E-state index in [4.69, 9.17) is 5.21 Å². The van der Waals surface area contributed by atoms with Gasteiger partial charge in [-0.25, -0.2) is 0 Å². The summed E-state index contributed by atoms with van der Waals surface area (Å²) in [4.78, 5) is 11.7. The van der Waals surface area contributed by atoms with Gasteiger partial charge in [-0.3, -0.25) is 4.79 Å². The second-order valence-corrected chi connectivity index (χ2v) is 4.64. The molecule has 1 aromatic rings. The molecule has 3 nitrogen and oxygen atoms in total. The third kappa shape index (κ3) is 1.31. The number of carbonyl (C=O) groups is 1. The van der Waals surface area contributed by atoms with Crippen LogP contribution in [0.4, 0.5) is 0 Å². The van der Waals surface area contributed by atoms with Gasteiger partial charge in [0.25, 0.3) is 0 Å². The number of rotatable bonds is 0. The van der Waals surface area contributed by atoms with E-state index in [2.05, 4.69) is 37.0 Å². The molecule has 0 atom stereocenters. The molecule has 14 heavy (non-hydrogen) atoms. The van der Waals surface area contributed by atoms with Crippen LogP contribution < -0.4 is 0 Å². The molecule has 0 aliphatic heterocycles. The van der Waals surface area contributed by atoms with Gasteiger partial charge in [0, 0.05) is 20.9 Å². The zero-order valence-corrected chi connectivity index (χ0v) is 10.1. The highest BCUT2D eigenvalue weighted by Crippen LogP contribution is 2.33. The molecule has 1 N–H and O–H groups in total. The normalized spacial score (nSPS) is 17.6. The molecule has 0 radical (unpaired) electrons. The first kappa shape index (κ1) is 9.86. The molecule has 0 unspecified atom stereocenters. The van der Waals surface area contributed by atoms with E-state index in [0.29, 0.717) is 12.0 Å². The number of oxime groups is 1. The van der Waals surface area contributed by atoms with Crippen LogP contribution in [0.15, 0.2) is 26.2 Å². The number of ketones is 1. The molecule has 0 amide bonds. The smallest absolute Gasteiger partial charge is 0.212 e. The third-order valence-corrected chi connectivity index (χ3v) is 3.56. The zero-order valence-electron chi connectivity index (χ0n) is 6.92. The summed E-state index contributed by atoms with van der Waals surface area (Å²) in [7, 11) is 0. The van der Waals surface area contributed by atoms with Gasteiger partial charge in [-0.15, -0.1) is 0 Å². The maximum atomic E-state index is 11.7. The lowest BCUT2D eigenvalue weighted by molar-refractivity contribution is 0.106. The molecule has 2 rings (SSSR count). The Balaban J connectivity index is 2.70. The SMILES string of the molecule is O=C1/C(=N/O)Cc2c(Br)ccc(Br)c21. The minimum absolute atomic E-state index is 0.188. The van der Waals surface area contributed by atoms with Crippen molar-refractivity contribution in [1.82, 2.24) is 0 Å². The second-order valence-electron chi connectivity index (χ2n) is 2.94. The maximum Gasteiger partial charge on any atom is 0.212 e. The Morgan fingerprint density at radius 3 is 2.50 bits per heavy atom. The van der Waals surface area contributed by atoms with E-state index in [1.807, 2.05) is 6.07 Å². The lowest BCUT2D eigenvalue weighted by atomic mass is 10.1. The predicted molar refractivity (Wildman–Crippen MR) is 59.1 cm³/mol. The third-order valence-electron chi connectivity index (χ3n) is 2.16. The molecular formula is C9H5Br2NO2. The summed E-state index contributed by atoms with van der Waals surface area (Å²) in [6.07, 6.45) is 0.380. The number of hydrogen-bond donors (Lipinski definition) is 1. The average Bonchev–Trinajstić information content (AvgIpc) is 2.51. The Morgan fingerprint density at radius 1 is 1.29 bits per heavy atom. The fourth-order valence-corrected chi connectivity index (χ4v) is 2.51. The fourth-order valence-electron chi connectivity index (χ4n) is 1.48. The molecule has 72 valence electrons. The summed E-state index contributed by atoms with van der Waals surface area (Å²) >= 11 is 6.66. The van der Waals surface area contributed by atoms with E-state index < -0.39 is 0 Å².